The van der Waals surface area contributed by atoms with Gasteiger partial charge in [0.15, 0.2) is 5.69 Å². The first kappa shape index (κ1) is 20.9. The van der Waals surface area contributed by atoms with Crippen LogP contribution in [0.2, 0.25) is 0 Å². The Kier molecular flexibility index (Phi) is 5.67. The van der Waals surface area contributed by atoms with Gasteiger partial charge in [0.25, 0.3) is 11.5 Å². The minimum Gasteiger partial charge on any atom is -0.343 e. The van der Waals surface area contributed by atoms with Crippen LogP contribution in [0, 0.1) is 5.92 Å². The van der Waals surface area contributed by atoms with Crippen molar-refractivity contribution in [2.24, 2.45) is 13.0 Å². The number of anilines is 1. The lowest BCUT2D eigenvalue weighted by atomic mass is 10.00. The summed E-state index contributed by atoms with van der Waals surface area (Å²) in [4.78, 5) is 33.5. The van der Waals surface area contributed by atoms with Crippen molar-refractivity contribution in [1.29, 1.82) is 0 Å². The Labute approximate surface area is 165 Å². The Morgan fingerprint density at radius 2 is 1.97 bits per heavy atom. The van der Waals surface area contributed by atoms with Crippen molar-refractivity contribution >= 4 is 11.9 Å². The molecule has 0 aromatic carbocycles. The molecule has 0 saturated carbocycles. The molecule has 11 heteroatoms. The van der Waals surface area contributed by atoms with Crippen molar-refractivity contribution in [3.05, 3.63) is 39.6 Å². The summed E-state index contributed by atoms with van der Waals surface area (Å²) >= 11 is 0. The van der Waals surface area contributed by atoms with Gasteiger partial charge in [-0.2, -0.15) is 18.3 Å². The van der Waals surface area contributed by atoms with E-state index in [1.807, 2.05) is 4.90 Å². The molecular formula is C18H23F3N6O2. The summed E-state index contributed by atoms with van der Waals surface area (Å²) in [5.74, 6) is 0.260. The van der Waals surface area contributed by atoms with E-state index in [1.165, 1.54) is 6.07 Å². The van der Waals surface area contributed by atoms with Gasteiger partial charge in [0.1, 0.15) is 5.69 Å². The van der Waals surface area contributed by atoms with E-state index in [-0.39, 0.29) is 11.3 Å². The summed E-state index contributed by atoms with van der Waals surface area (Å²) in [6.45, 7) is 5.31. The molecule has 1 aliphatic heterocycles. The van der Waals surface area contributed by atoms with Crippen LogP contribution in [0.5, 0.6) is 0 Å². The molecule has 1 fully saturated rings. The van der Waals surface area contributed by atoms with Gasteiger partial charge in [0.05, 0.1) is 11.7 Å². The molecule has 2 aromatic rings. The number of carbonyl (C=O) groups excluding carboxylic acids is 1. The number of H-pyrrole nitrogens is 1. The molecule has 2 aromatic heterocycles. The monoisotopic (exact) mass is 412 g/mol. The molecule has 0 spiro atoms. The number of rotatable bonds is 4. The number of hydrogen-bond donors (Lipinski definition) is 2. The zero-order valence-electron chi connectivity index (χ0n) is 16.4. The third-order valence-corrected chi connectivity index (χ3v) is 5.03. The predicted octanol–water partition coefficient (Wildman–Crippen LogP) is 2.25. The van der Waals surface area contributed by atoms with Gasteiger partial charge in [0.2, 0.25) is 5.95 Å². The van der Waals surface area contributed by atoms with Crippen LogP contribution in [0.1, 0.15) is 54.6 Å². The number of piperidine rings is 1. The quantitative estimate of drug-likeness (QED) is 0.803. The Morgan fingerprint density at radius 1 is 1.31 bits per heavy atom. The average Bonchev–Trinajstić information content (AvgIpc) is 3.04. The summed E-state index contributed by atoms with van der Waals surface area (Å²) < 4.78 is 39.3. The molecule has 0 aliphatic carbocycles. The van der Waals surface area contributed by atoms with Gasteiger partial charge >= 0.3 is 6.18 Å². The van der Waals surface area contributed by atoms with Crippen molar-refractivity contribution in [3.63, 3.8) is 0 Å². The maximum absolute atomic E-state index is 12.9. The summed E-state index contributed by atoms with van der Waals surface area (Å²) in [6, 6.07) is 1.26. The Bertz CT molecular complexity index is 944. The smallest absolute Gasteiger partial charge is 0.343 e. The van der Waals surface area contributed by atoms with Crippen molar-refractivity contribution in [1.82, 2.24) is 25.1 Å². The zero-order chi connectivity index (χ0) is 21.3. The molecule has 158 valence electrons. The number of nitrogens with one attached hydrogen (secondary N) is 2. The lowest BCUT2D eigenvalue weighted by Crippen LogP contribution is -2.36. The Balaban J connectivity index is 1.76. The fourth-order valence-corrected chi connectivity index (χ4v) is 3.24. The van der Waals surface area contributed by atoms with Crippen molar-refractivity contribution < 1.29 is 18.0 Å². The number of hydrogen-bond acceptors (Lipinski definition) is 5. The van der Waals surface area contributed by atoms with Gasteiger partial charge in [-0.3, -0.25) is 19.3 Å². The normalized spacial score (nSPS) is 16.7. The second kappa shape index (κ2) is 7.88. The van der Waals surface area contributed by atoms with Crippen molar-refractivity contribution in [3.8, 4) is 0 Å². The summed E-state index contributed by atoms with van der Waals surface area (Å²) in [6.07, 6.45) is -2.64. The summed E-state index contributed by atoms with van der Waals surface area (Å²) in [5.41, 5.74) is -1.42. The molecule has 0 radical (unpaired) electrons. The Hall–Kier alpha value is -2.85. The van der Waals surface area contributed by atoms with E-state index in [4.69, 9.17) is 0 Å². The lowest BCUT2D eigenvalue weighted by Gasteiger charge is -2.31. The molecule has 8 nitrogen and oxygen atoms in total. The molecule has 1 amide bonds. The maximum Gasteiger partial charge on any atom is 0.433 e. The number of halogens is 3. The SMILES string of the molecule is CC1CCN(c2nc(C(C)NC(=O)c3cc(C(F)(F)F)n(C)n3)cc(=O)[nH]2)CC1. The van der Waals surface area contributed by atoms with Crippen LogP contribution in [0.3, 0.4) is 0 Å². The Morgan fingerprint density at radius 3 is 2.55 bits per heavy atom. The van der Waals surface area contributed by atoms with E-state index in [0.29, 0.717) is 28.3 Å². The van der Waals surface area contributed by atoms with Crippen LogP contribution in [0.15, 0.2) is 16.9 Å². The van der Waals surface area contributed by atoms with E-state index in [1.54, 1.807) is 6.92 Å². The summed E-state index contributed by atoms with van der Waals surface area (Å²) in [7, 11) is 1.12. The molecule has 1 saturated heterocycles. The van der Waals surface area contributed by atoms with Crippen LogP contribution in [0.4, 0.5) is 19.1 Å². The molecule has 3 heterocycles. The highest BCUT2D eigenvalue weighted by molar-refractivity contribution is 5.92. The van der Waals surface area contributed by atoms with E-state index in [2.05, 4.69) is 27.3 Å². The fraction of sp³-hybridized carbons (Fsp3) is 0.556. The van der Waals surface area contributed by atoms with Crippen LogP contribution >= 0.6 is 0 Å². The number of nitrogens with zero attached hydrogens (tertiary/aromatic N) is 4. The van der Waals surface area contributed by atoms with E-state index in [0.717, 1.165) is 33.0 Å². The zero-order valence-corrected chi connectivity index (χ0v) is 16.4. The fourth-order valence-electron chi connectivity index (χ4n) is 3.24. The second-order valence-corrected chi connectivity index (χ2v) is 7.39. The largest absolute Gasteiger partial charge is 0.433 e. The van der Waals surface area contributed by atoms with Crippen LogP contribution in [-0.2, 0) is 13.2 Å². The highest BCUT2D eigenvalue weighted by Crippen LogP contribution is 2.29. The van der Waals surface area contributed by atoms with Gasteiger partial charge in [-0.05, 0) is 25.7 Å². The van der Waals surface area contributed by atoms with E-state index < -0.39 is 23.8 Å². The minimum atomic E-state index is -4.61. The number of carbonyl (C=O) groups is 1. The third-order valence-electron chi connectivity index (χ3n) is 5.03. The molecule has 1 atom stereocenters. The highest BCUT2D eigenvalue weighted by Gasteiger charge is 2.36. The van der Waals surface area contributed by atoms with Crippen LogP contribution in [0.25, 0.3) is 0 Å². The molecule has 1 aliphatic rings. The van der Waals surface area contributed by atoms with Gasteiger partial charge in [-0.15, -0.1) is 0 Å². The second-order valence-electron chi connectivity index (χ2n) is 7.39. The minimum absolute atomic E-state index is 0.322. The summed E-state index contributed by atoms with van der Waals surface area (Å²) in [5, 5.41) is 6.18. The maximum atomic E-state index is 12.9. The van der Waals surface area contributed by atoms with Gasteiger partial charge < -0.3 is 10.2 Å². The molecular weight excluding hydrogens is 389 g/mol. The third kappa shape index (κ3) is 4.77. The molecule has 1 unspecified atom stereocenters. The molecule has 2 N–H and O–H groups in total. The number of alkyl halides is 3. The van der Waals surface area contributed by atoms with E-state index >= 15 is 0 Å². The number of aromatic amines is 1. The molecule has 29 heavy (non-hydrogen) atoms. The van der Waals surface area contributed by atoms with Gasteiger partial charge in [-0.1, -0.05) is 6.92 Å². The number of aryl methyl sites for hydroxylation is 1. The predicted molar refractivity (Wildman–Crippen MR) is 99.6 cm³/mol. The highest BCUT2D eigenvalue weighted by atomic mass is 19.4. The van der Waals surface area contributed by atoms with Crippen LogP contribution < -0.4 is 15.8 Å². The van der Waals surface area contributed by atoms with Gasteiger partial charge in [0, 0.05) is 32.3 Å². The lowest BCUT2D eigenvalue weighted by molar-refractivity contribution is -0.143. The number of aromatic nitrogens is 4. The van der Waals surface area contributed by atoms with Crippen LogP contribution in [-0.4, -0.2) is 38.7 Å². The first-order valence-corrected chi connectivity index (χ1v) is 9.33. The van der Waals surface area contributed by atoms with Crippen molar-refractivity contribution in [2.75, 3.05) is 18.0 Å². The van der Waals surface area contributed by atoms with Crippen molar-refractivity contribution in [2.45, 2.75) is 38.9 Å². The number of amides is 1. The topological polar surface area (TPSA) is 95.9 Å². The first-order valence-electron chi connectivity index (χ1n) is 9.33. The average molecular weight is 412 g/mol. The molecule has 0 bridgehead atoms. The first-order chi connectivity index (χ1) is 13.5. The molecule has 3 rings (SSSR count). The standard InChI is InChI=1S/C18H23F3N6O2/c1-10-4-6-27(7-5-10)17-23-12(9-15(28)24-17)11(2)22-16(29)13-8-14(18(19,20)21)26(3)25-13/h8-11H,4-7H2,1-3H3,(H,22,29)(H,23,24,28). The van der Waals surface area contributed by atoms with Gasteiger partial charge in [-0.25, -0.2) is 4.98 Å². The van der Waals surface area contributed by atoms with E-state index in [9.17, 15) is 22.8 Å².